The zero-order chi connectivity index (χ0) is 20.6. The van der Waals surface area contributed by atoms with Crippen molar-refractivity contribution >= 4 is 21.4 Å². The number of rotatable bonds is 5. The van der Waals surface area contributed by atoms with Gasteiger partial charge in [-0.2, -0.15) is 0 Å². The Balaban J connectivity index is 1.79. The monoisotopic (exact) mass is 406 g/mol. The van der Waals surface area contributed by atoms with E-state index in [0.29, 0.717) is 17.4 Å². The van der Waals surface area contributed by atoms with Crippen molar-refractivity contribution in [1.29, 1.82) is 0 Å². The highest BCUT2D eigenvalue weighted by Crippen LogP contribution is 2.27. The van der Waals surface area contributed by atoms with Crippen molar-refractivity contribution in [3.63, 3.8) is 0 Å². The van der Waals surface area contributed by atoms with Crippen LogP contribution in [0.1, 0.15) is 25.3 Å². The van der Waals surface area contributed by atoms with Crippen LogP contribution in [0.3, 0.4) is 0 Å². The minimum atomic E-state index is -3.35. The van der Waals surface area contributed by atoms with Crippen LogP contribution < -0.4 is 4.72 Å². The third kappa shape index (κ3) is 4.14. The molecule has 0 amide bonds. The third-order valence-corrected chi connectivity index (χ3v) is 5.32. The van der Waals surface area contributed by atoms with E-state index >= 15 is 0 Å². The van der Waals surface area contributed by atoms with Crippen LogP contribution in [0.2, 0.25) is 0 Å². The van der Waals surface area contributed by atoms with Crippen LogP contribution in [0.5, 0.6) is 0 Å². The number of fused-ring (bicyclic) bond motifs is 1. The first-order valence-electron chi connectivity index (χ1n) is 9.33. The van der Waals surface area contributed by atoms with Gasteiger partial charge in [0, 0.05) is 17.4 Å². The lowest BCUT2D eigenvalue weighted by Gasteiger charge is -2.09. The molecular formula is C22H22N4O2S. The van der Waals surface area contributed by atoms with Crippen molar-refractivity contribution in [3.8, 4) is 22.5 Å². The molecule has 1 N–H and O–H groups in total. The molecule has 0 fully saturated rings. The van der Waals surface area contributed by atoms with E-state index in [1.165, 1.54) is 5.56 Å². The zero-order valence-electron chi connectivity index (χ0n) is 16.5. The molecule has 0 aliphatic rings. The maximum absolute atomic E-state index is 11.5. The molecule has 0 bridgehead atoms. The van der Waals surface area contributed by atoms with Crippen molar-refractivity contribution < 1.29 is 8.42 Å². The Morgan fingerprint density at radius 2 is 1.66 bits per heavy atom. The van der Waals surface area contributed by atoms with Gasteiger partial charge in [0.15, 0.2) is 11.5 Å². The summed E-state index contributed by atoms with van der Waals surface area (Å²) in [6.07, 6.45) is 3.14. The minimum Gasteiger partial charge on any atom is -0.284 e. The maximum atomic E-state index is 11.5. The largest absolute Gasteiger partial charge is 0.284 e. The molecule has 6 nitrogen and oxygen atoms in total. The second-order valence-corrected chi connectivity index (χ2v) is 9.15. The summed E-state index contributed by atoms with van der Waals surface area (Å²) in [5.41, 5.74) is 5.47. The third-order valence-electron chi connectivity index (χ3n) is 4.71. The van der Waals surface area contributed by atoms with Gasteiger partial charge in [-0.05, 0) is 46.9 Å². The number of nitrogens with one attached hydrogen (secondary N) is 1. The van der Waals surface area contributed by atoms with Crippen molar-refractivity contribution in [1.82, 2.24) is 14.6 Å². The molecule has 2 aromatic heterocycles. The van der Waals surface area contributed by atoms with Crippen LogP contribution in [0.15, 0.2) is 66.9 Å². The molecule has 0 spiro atoms. The van der Waals surface area contributed by atoms with E-state index in [1.54, 1.807) is 18.2 Å². The molecular weight excluding hydrogens is 384 g/mol. The predicted molar refractivity (Wildman–Crippen MR) is 116 cm³/mol. The number of nitrogens with zero attached hydrogens (tertiary/aromatic N) is 3. The minimum absolute atomic E-state index is 0.453. The van der Waals surface area contributed by atoms with Gasteiger partial charge < -0.3 is 0 Å². The molecule has 29 heavy (non-hydrogen) atoms. The van der Waals surface area contributed by atoms with Crippen molar-refractivity contribution in [2.45, 2.75) is 19.8 Å². The van der Waals surface area contributed by atoms with Gasteiger partial charge in [0.1, 0.15) is 0 Å². The van der Waals surface area contributed by atoms with Crippen LogP contribution in [0, 0.1) is 0 Å². The first kappa shape index (κ1) is 19.1. The summed E-state index contributed by atoms with van der Waals surface area (Å²) >= 11 is 0. The fourth-order valence-electron chi connectivity index (χ4n) is 3.27. The van der Waals surface area contributed by atoms with E-state index in [2.05, 4.69) is 53.0 Å². The number of hydrogen-bond donors (Lipinski definition) is 1. The lowest BCUT2D eigenvalue weighted by Crippen LogP contribution is -2.09. The molecule has 0 saturated heterocycles. The van der Waals surface area contributed by atoms with E-state index < -0.39 is 10.0 Å². The average Bonchev–Trinajstić information content (AvgIpc) is 3.10. The highest BCUT2D eigenvalue weighted by atomic mass is 32.2. The summed E-state index contributed by atoms with van der Waals surface area (Å²) in [6, 6.07) is 19.6. The first-order valence-corrected chi connectivity index (χ1v) is 11.2. The fourth-order valence-corrected chi connectivity index (χ4v) is 3.83. The van der Waals surface area contributed by atoms with Crippen LogP contribution in [-0.4, -0.2) is 29.3 Å². The van der Waals surface area contributed by atoms with Crippen LogP contribution in [-0.2, 0) is 10.0 Å². The van der Waals surface area contributed by atoms with Gasteiger partial charge in [0.2, 0.25) is 10.0 Å². The van der Waals surface area contributed by atoms with Gasteiger partial charge >= 0.3 is 0 Å². The van der Waals surface area contributed by atoms with Crippen LogP contribution in [0.25, 0.3) is 28.2 Å². The smallest absolute Gasteiger partial charge is 0.229 e. The van der Waals surface area contributed by atoms with Gasteiger partial charge in [-0.25, -0.2) is 8.42 Å². The molecule has 0 unspecified atom stereocenters. The van der Waals surface area contributed by atoms with Crippen LogP contribution in [0.4, 0.5) is 5.69 Å². The van der Waals surface area contributed by atoms with E-state index in [4.69, 9.17) is 0 Å². The van der Waals surface area contributed by atoms with E-state index in [1.807, 2.05) is 28.8 Å². The van der Waals surface area contributed by atoms with Crippen molar-refractivity contribution in [2.24, 2.45) is 0 Å². The van der Waals surface area contributed by atoms with Gasteiger partial charge in [0.25, 0.3) is 0 Å². The van der Waals surface area contributed by atoms with Gasteiger partial charge in [-0.1, -0.05) is 50.2 Å². The standard InChI is InChI=1S/C22H22N4O2S/c1-15(2)16-6-4-7-17(12-16)19-10-11-21-23-24-22(26(21)14-19)18-8-5-9-20(13-18)25-29(3,27)28/h4-15,25H,1-3H3. The maximum Gasteiger partial charge on any atom is 0.229 e. The quantitative estimate of drug-likeness (QED) is 0.527. The summed E-state index contributed by atoms with van der Waals surface area (Å²) in [4.78, 5) is 0. The second-order valence-electron chi connectivity index (χ2n) is 7.40. The number of benzene rings is 2. The summed E-state index contributed by atoms with van der Waals surface area (Å²) in [5.74, 6) is 1.10. The van der Waals surface area contributed by atoms with E-state index in [0.717, 1.165) is 28.6 Å². The first-order chi connectivity index (χ1) is 13.8. The molecule has 0 saturated carbocycles. The van der Waals surface area contributed by atoms with Crippen molar-refractivity contribution in [2.75, 3.05) is 11.0 Å². The molecule has 0 aliphatic carbocycles. The second kappa shape index (κ2) is 7.33. The number of aromatic nitrogens is 3. The van der Waals surface area contributed by atoms with Crippen LogP contribution >= 0.6 is 0 Å². The summed E-state index contributed by atoms with van der Waals surface area (Å²) in [6.45, 7) is 4.36. The highest BCUT2D eigenvalue weighted by Gasteiger charge is 2.11. The normalized spacial score (nSPS) is 11.9. The number of sulfonamides is 1. The average molecular weight is 407 g/mol. The molecule has 7 heteroatoms. The van der Waals surface area contributed by atoms with Crippen molar-refractivity contribution in [3.05, 3.63) is 72.4 Å². The molecule has 0 radical (unpaired) electrons. The molecule has 0 atom stereocenters. The fraction of sp³-hybridized carbons (Fsp3) is 0.182. The Bertz CT molecular complexity index is 1290. The Hall–Kier alpha value is -3.19. The molecule has 2 aromatic carbocycles. The van der Waals surface area contributed by atoms with Gasteiger partial charge in [-0.3, -0.25) is 9.12 Å². The Kier molecular flexibility index (Phi) is 4.84. The molecule has 4 aromatic rings. The Labute approximate surface area is 170 Å². The molecule has 148 valence electrons. The van der Waals surface area contributed by atoms with E-state index in [9.17, 15) is 8.42 Å². The SMILES string of the molecule is CC(C)c1cccc(-c2ccc3nnc(-c4cccc(NS(C)(=O)=O)c4)n3c2)c1. The predicted octanol–water partition coefficient (Wildman–Crippen LogP) is 4.56. The summed E-state index contributed by atoms with van der Waals surface area (Å²) < 4.78 is 27.5. The number of hydrogen-bond acceptors (Lipinski definition) is 4. The lowest BCUT2D eigenvalue weighted by molar-refractivity contribution is 0.607. The van der Waals surface area contributed by atoms with Gasteiger partial charge in [0.05, 0.1) is 6.26 Å². The topological polar surface area (TPSA) is 76.4 Å². The highest BCUT2D eigenvalue weighted by molar-refractivity contribution is 7.92. The summed E-state index contributed by atoms with van der Waals surface area (Å²) in [5, 5.41) is 8.57. The van der Waals surface area contributed by atoms with Gasteiger partial charge in [-0.15, -0.1) is 10.2 Å². The number of pyridine rings is 1. The zero-order valence-corrected chi connectivity index (χ0v) is 17.3. The molecule has 0 aliphatic heterocycles. The molecule has 4 rings (SSSR count). The summed E-state index contributed by atoms with van der Waals surface area (Å²) in [7, 11) is -3.35. The Morgan fingerprint density at radius 3 is 2.41 bits per heavy atom. The Morgan fingerprint density at radius 1 is 0.897 bits per heavy atom. The number of anilines is 1. The lowest BCUT2D eigenvalue weighted by atomic mass is 9.98. The van der Waals surface area contributed by atoms with E-state index in [-0.39, 0.29) is 0 Å². The molecule has 2 heterocycles.